The fourth-order valence-corrected chi connectivity index (χ4v) is 5.90. The summed E-state index contributed by atoms with van der Waals surface area (Å²) in [6.07, 6.45) is 11.1. The zero-order valence-corrected chi connectivity index (χ0v) is 24.1. The molecule has 4 heteroatoms. The molecule has 0 saturated heterocycles. The van der Waals surface area contributed by atoms with Crippen LogP contribution in [0.4, 0.5) is 4.39 Å². The van der Waals surface area contributed by atoms with Gasteiger partial charge >= 0.3 is 5.97 Å². The van der Waals surface area contributed by atoms with Gasteiger partial charge in [0, 0.05) is 17.6 Å². The normalized spacial score (nSPS) is 17.0. The number of hydrogen-bond donors (Lipinski definition) is 1. The molecule has 0 aromatic heterocycles. The fraction of sp³-hybridized carbons (Fsp3) is 0.417. The van der Waals surface area contributed by atoms with Crippen LogP contribution in [0.2, 0.25) is 0 Å². The molecule has 0 radical (unpaired) electrons. The second-order valence-electron chi connectivity index (χ2n) is 11.3. The molecular weight excluding hydrogens is 499 g/mol. The molecule has 0 heterocycles. The van der Waals surface area contributed by atoms with Crippen LogP contribution in [-0.2, 0) is 22.6 Å². The van der Waals surface area contributed by atoms with Crippen molar-refractivity contribution in [2.45, 2.75) is 84.2 Å². The molecule has 0 aliphatic heterocycles. The molecule has 0 bridgehead atoms. The van der Waals surface area contributed by atoms with Crippen LogP contribution in [0.5, 0.6) is 0 Å². The zero-order valence-electron chi connectivity index (χ0n) is 24.1. The van der Waals surface area contributed by atoms with E-state index in [1.807, 2.05) is 24.3 Å². The molecule has 3 aromatic rings. The maximum absolute atomic E-state index is 15.4. The van der Waals surface area contributed by atoms with E-state index in [1.54, 1.807) is 19.1 Å². The summed E-state index contributed by atoms with van der Waals surface area (Å²) in [6, 6.07) is 19.6. The van der Waals surface area contributed by atoms with E-state index in [4.69, 9.17) is 4.74 Å². The summed E-state index contributed by atoms with van der Waals surface area (Å²) in [5.41, 5.74) is 6.39. The van der Waals surface area contributed by atoms with E-state index in [-0.39, 0.29) is 19.0 Å². The van der Waals surface area contributed by atoms with Gasteiger partial charge in [-0.25, -0.2) is 9.18 Å². The summed E-state index contributed by atoms with van der Waals surface area (Å²) in [5, 5.41) is 9.75. The molecular formula is C36H43FO3. The van der Waals surface area contributed by atoms with Crippen molar-refractivity contribution in [3.63, 3.8) is 0 Å². The van der Waals surface area contributed by atoms with Crippen LogP contribution < -0.4 is 0 Å². The number of rotatable bonds is 12. The van der Waals surface area contributed by atoms with Crippen molar-refractivity contribution >= 4 is 5.97 Å². The first kappa shape index (κ1) is 29.7. The molecule has 3 aromatic carbocycles. The first-order valence-electron chi connectivity index (χ1n) is 14.8. The Morgan fingerprint density at radius 3 is 2.27 bits per heavy atom. The average molecular weight is 543 g/mol. The number of esters is 1. The maximum atomic E-state index is 15.4. The highest BCUT2D eigenvalue weighted by atomic mass is 19.1. The van der Waals surface area contributed by atoms with Crippen LogP contribution in [0.15, 0.2) is 72.8 Å². The smallest absolute Gasteiger partial charge is 0.333 e. The van der Waals surface area contributed by atoms with E-state index >= 15 is 4.39 Å². The number of unbranched alkanes of at least 4 members (excludes halogenated alkanes) is 2. The Morgan fingerprint density at radius 1 is 0.925 bits per heavy atom. The van der Waals surface area contributed by atoms with Crippen molar-refractivity contribution in [2.24, 2.45) is 5.92 Å². The van der Waals surface area contributed by atoms with Gasteiger partial charge in [-0.1, -0.05) is 93.8 Å². The molecule has 40 heavy (non-hydrogen) atoms. The van der Waals surface area contributed by atoms with E-state index < -0.39 is 5.97 Å². The van der Waals surface area contributed by atoms with Crippen LogP contribution in [0, 0.1) is 11.7 Å². The number of aliphatic hydroxyl groups excluding tert-OH is 1. The maximum Gasteiger partial charge on any atom is 0.333 e. The fourth-order valence-electron chi connectivity index (χ4n) is 5.90. The Labute approximate surface area is 239 Å². The third-order valence-electron chi connectivity index (χ3n) is 8.39. The molecule has 0 amide bonds. The second kappa shape index (κ2) is 14.4. The van der Waals surface area contributed by atoms with Gasteiger partial charge in [-0.3, -0.25) is 0 Å². The van der Waals surface area contributed by atoms with Gasteiger partial charge in [-0.15, -0.1) is 0 Å². The van der Waals surface area contributed by atoms with Gasteiger partial charge in [0.2, 0.25) is 0 Å². The van der Waals surface area contributed by atoms with E-state index in [0.717, 1.165) is 33.7 Å². The first-order chi connectivity index (χ1) is 19.4. The predicted molar refractivity (Wildman–Crippen MR) is 162 cm³/mol. The van der Waals surface area contributed by atoms with E-state index in [9.17, 15) is 9.90 Å². The van der Waals surface area contributed by atoms with E-state index in [1.165, 1.54) is 56.9 Å². The number of benzene rings is 3. The number of carbonyl (C=O) groups excluding carboxylic acids is 1. The quantitative estimate of drug-likeness (QED) is 0.141. The number of ether oxygens (including phenoxy) is 1. The number of hydrogen-bond acceptors (Lipinski definition) is 3. The third kappa shape index (κ3) is 7.69. The van der Waals surface area contributed by atoms with Crippen molar-refractivity contribution in [3.8, 4) is 22.3 Å². The molecule has 1 N–H and O–H groups in total. The van der Waals surface area contributed by atoms with Gasteiger partial charge in [-0.05, 0) is 83.9 Å². The molecule has 0 unspecified atom stereocenters. The SMILES string of the molecule is C=C(C)C(=O)OCCc1cc(-c2ccc(-c3ccc(C4CCC(CCCCC)CC4)cc3)cc2F)ccc1CO. The van der Waals surface area contributed by atoms with Crippen molar-refractivity contribution in [3.05, 3.63) is 95.3 Å². The predicted octanol–water partition coefficient (Wildman–Crippen LogP) is 9.17. The molecule has 0 spiro atoms. The Kier molecular flexibility index (Phi) is 10.7. The summed E-state index contributed by atoms with van der Waals surface area (Å²) >= 11 is 0. The van der Waals surface area contributed by atoms with Crippen molar-refractivity contribution in [2.75, 3.05) is 6.61 Å². The molecule has 1 saturated carbocycles. The average Bonchev–Trinajstić information content (AvgIpc) is 2.97. The van der Waals surface area contributed by atoms with Gasteiger partial charge in [0.15, 0.2) is 0 Å². The Bertz CT molecular complexity index is 1290. The Morgan fingerprint density at radius 2 is 1.62 bits per heavy atom. The molecule has 3 nitrogen and oxygen atoms in total. The van der Waals surface area contributed by atoms with Crippen LogP contribution in [0.25, 0.3) is 22.3 Å². The topological polar surface area (TPSA) is 46.5 Å². The third-order valence-corrected chi connectivity index (χ3v) is 8.39. The lowest BCUT2D eigenvalue weighted by atomic mass is 9.77. The molecule has 1 aliphatic rings. The van der Waals surface area contributed by atoms with E-state index in [2.05, 4.69) is 37.8 Å². The van der Waals surface area contributed by atoms with Gasteiger partial charge in [-0.2, -0.15) is 0 Å². The van der Waals surface area contributed by atoms with Crippen molar-refractivity contribution in [1.29, 1.82) is 0 Å². The lowest BCUT2D eigenvalue weighted by Gasteiger charge is -2.29. The summed E-state index contributed by atoms with van der Waals surface area (Å²) < 4.78 is 20.6. The van der Waals surface area contributed by atoms with Crippen LogP contribution in [0.3, 0.4) is 0 Å². The number of halogens is 1. The molecule has 1 fully saturated rings. The van der Waals surface area contributed by atoms with Crippen LogP contribution in [-0.4, -0.2) is 17.7 Å². The lowest BCUT2D eigenvalue weighted by molar-refractivity contribution is -0.138. The molecule has 212 valence electrons. The van der Waals surface area contributed by atoms with Crippen molar-refractivity contribution < 1.29 is 19.0 Å². The highest BCUT2D eigenvalue weighted by Gasteiger charge is 2.22. The summed E-state index contributed by atoms with van der Waals surface area (Å²) in [5.74, 6) is 0.801. The van der Waals surface area contributed by atoms with Gasteiger partial charge < -0.3 is 9.84 Å². The van der Waals surface area contributed by atoms with E-state index in [0.29, 0.717) is 23.5 Å². The molecule has 4 rings (SSSR count). The largest absolute Gasteiger partial charge is 0.462 e. The highest BCUT2D eigenvalue weighted by Crippen LogP contribution is 2.38. The highest BCUT2D eigenvalue weighted by molar-refractivity contribution is 5.86. The first-order valence-corrected chi connectivity index (χ1v) is 14.8. The van der Waals surface area contributed by atoms with Gasteiger partial charge in [0.05, 0.1) is 13.2 Å². The number of aliphatic hydroxyl groups is 1. The summed E-state index contributed by atoms with van der Waals surface area (Å²) in [7, 11) is 0. The number of carbonyl (C=O) groups is 1. The summed E-state index contributed by atoms with van der Waals surface area (Å²) in [6.45, 7) is 7.49. The summed E-state index contributed by atoms with van der Waals surface area (Å²) in [4.78, 5) is 11.7. The van der Waals surface area contributed by atoms with Crippen LogP contribution in [0.1, 0.15) is 87.8 Å². The lowest BCUT2D eigenvalue weighted by Crippen LogP contribution is -2.13. The zero-order chi connectivity index (χ0) is 28.5. The van der Waals surface area contributed by atoms with Gasteiger partial charge in [0.25, 0.3) is 0 Å². The molecule has 1 aliphatic carbocycles. The standard InChI is InChI=1S/C36H43FO3/c1-4-5-6-7-26-8-10-27(11-9-26)28-12-14-29(15-13-28)30-18-19-34(35(37)23-30)32-16-17-33(24-38)31(22-32)20-21-40-36(39)25(2)3/h12-19,22-23,26-27,38H,2,4-11,20-21,24H2,1,3H3. The monoisotopic (exact) mass is 542 g/mol. The second-order valence-corrected chi connectivity index (χ2v) is 11.3. The minimum absolute atomic E-state index is 0.137. The van der Waals surface area contributed by atoms with Crippen molar-refractivity contribution in [1.82, 2.24) is 0 Å². The Hall–Kier alpha value is -3.24. The van der Waals surface area contributed by atoms with Gasteiger partial charge in [0.1, 0.15) is 5.82 Å². The Balaban J connectivity index is 1.42. The molecule has 0 atom stereocenters. The van der Waals surface area contributed by atoms with Crippen LogP contribution >= 0.6 is 0 Å². The minimum Gasteiger partial charge on any atom is -0.462 e. The minimum atomic E-state index is -0.443.